The van der Waals surface area contributed by atoms with Gasteiger partial charge in [-0.3, -0.25) is 9.69 Å². The van der Waals surface area contributed by atoms with Gasteiger partial charge in [-0.05, 0) is 31.2 Å². The first-order valence-electron chi connectivity index (χ1n) is 9.64. The second-order valence-electron chi connectivity index (χ2n) is 7.03. The van der Waals surface area contributed by atoms with Crippen molar-refractivity contribution in [3.05, 3.63) is 66.2 Å². The van der Waals surface area contributed by atoms with Crippen LogP contribution in [-0.2, 0) is 4.79 Å². The van der Waals surface area contributed by atoms with Crippen molar-refractivity contribution in [3.8, 4) is 5.75 Å². The van der Waals surface area contributed by atoms with E-state index in [0.717, 1.165) is 38.3 Å². The summed E-state index contributed by atoms with van der Waals surface area (Å²) < 4.78 is 5.47. The second kappa shape index (κ2) is 10.1. The number of likely N-dealkylation sites (N-methyl/N-ethyl adjacent to an activating group) is 1. The van der Waals surface area contributed by atoms with Crippen LogP contribution in [0.4, 0.5) is 0 Å². The van der Waals surface area contributed by atoms with Gasteiger partial charge in [0.05, 0.1) is 0 Å². The Bertz CT molecular complexity index is 693. The van der Waals surface area contributed by atoms with E-state index in [2.05, 4.69) is 52.5 Å². The number of hydrogen-bond donors (Lipinski definition) is 1. The highest BCUT2D eigenvalue weighted by atomic mass is 16.5. The van der Waals surface area contributed by atoms with Crippen molar-refractivity contribution >= 4 is 5.91 Å². The van der Waals surface area contributed by atoms with Crippen LogP contribution in [0.1, 0.15) is 18.0 Å². The van der Waals surface area contributed by atoms with E-state index in [4.69, 9.17) is 4.74 Å². The molecule has 27 heavy (non-hydrogen) atoms. The van der Waals surface area contributed by atoms with E-state index >= 15 is 0 Å². The van der Waals surface area contributed by atoms with Crippen molar-refractivity contribution in [2.75, 3.05) is 46.4 Å². The average Bonchev–Trinajstić information content (AvgIpc) is 2.72. The zero-order chi connectivity index (χ0) is 18.9. The molecule has 0 spiro atoms. The molecule has 1 N–H and O–H groups in total. The lowest BCUT2D eigenvalue weighted by atomic mass is 10.0. The summed E-state index contributed by atoms with van der Waals surface area (Å²) in [4.78, 5) is 16.9. The van der Waals surface area contributed by atoms with Crippen LogP contribution in [0.15, 0.2) is 60.7 Å². The molecule has 1 amide bonds. The predicted molar refractivity (Wildman–Crippen MR) is 108 cm³/mol. The maximum atomic E-state index is 11.9. The average molecular weight is 367 g/mol. The van der Waals surface area contributed by atoms with Gasteiger partial charge in [-0.25, -0.2) is 0 Å². The maximum Gasteiger partial charge on any atom is 0.257 e. The first-order chi connectivity index (χ1) is 13.2. The molecular weight excluding hydrogens is 338 g/mol. The van der Waals surface area contributed by atoms with Gasteiger partial charge in [0.2, 0.25) is 0 Å². The zero-order valence-electron chi connectivity index (χ0n) is 16.0. The number of nitrogens with one attached hydrogen (secondary N) is 1. The minimum absolute atomic E-state index is 0.0607. The van der Waals surface area contributed by atoms with Crippen LogP contribution in [0.25, 0.3) is 0 Å². The van der Waals surface area contributed by atoms with Crippen LogP contribution in [0.2, 0.25) is 0 Å². The third-order valence-electron chi connectivity index (χ3n) is 4.94. The van der Waals surface area contributed by atoms with E-state index < -0.39 is 0 Å². The predicted octanol–water partition coefficient (Wildman–Crippen LogP) is 2.56. The van der Waals surface area contributed by atoms with E-state index in [0.29, 0.717) is 12.6 Å². The number of para-hydroxylation sites is 1. The number of carbonyl (C=O) groups is 1. The van der Waals surface area contributed by atoms with Crippen molar-refractivity contribution in [3.63, 3.8) is 0 Å². The fourth-order valence-corrected chi connectivity index (χ4v) is 3.44. The molecule has 0 saturated carbocycles. The van der Waals surface area contributed by atoms with Gasteiger partial charge in [0.25, 0.3) is 5.91 Å². The van der Waals surface area contributed by atoms with E-state index in [9.17, 15) is 4.79 Å². The molecule has 1 heterocycles. The van der Waals surface area contributed by atoms with Gasteiger partial charge in [0, 0.05) is 38.8 Å². The van der Waals surface area contributed by atoms with Crippen molar-refractivity contribution in [1.29, 1.82) is 0 Å². The van der Waals surface area contributed by atoms with Crippen molar-refractivity contribution in [2.45, 2.75) is 12.5 Å². The SMILES string of the molecule is CN1CCN(CCCNC(=O)COc2ccccc2)[C@H](c2ccccc2)C1. The van der Waals surface area contributed by atoms with E-state index in [1.54, 1.807) is 0 Å². The Morgan fingerprint density at radius 2 is 1.78 bits per heavy atom. The Morgan fingerprint density at radius 1 is 1.07 bits per heavy atom. The van der Waals surface area contributed by atoms with Gasteiger partial charge in [-0.15, -0.1) is 0 Å². The Hall–Kier alpha value is -2.37. The highest BCUT2D eigenvalue weighted by Crippen LogP contribution is 2.24. The summed E-state index contributed by atoms with van der Waals surface area (Å²) >= 11 is 0. The van der Waals surface area contributed by atoms with Gasteiger partial charge in [-0.1, -0.05) is 48.5 Å². The highest BCUT2D eigenvalue weighted by Gasteiger charge is 2.25. The number of nitrogens with zero attached hydrogens (tertiary/aromatic N) is 2. The molecular formula is C22H29N3O2. The number of rotatable bonds is 8. The molecule has 1 atom stereocenters. The fourth-order valence-electron chi connectivity index (χ4n) is 3.44. The molecule has 3 rings (SSSR count). The van der Waals surface area contributed by atoms with Crippen LogP contribution >= 0.6 is 0 Å². The molecule has 1 saturated heterocycles. The van der Waals surface area contributed by atoms with Gasteiger partial charge in [-0.2, -0.15) is 0 Å². The van der Waals surface area contributed by atoms with Crippen LogP contribution in [-0.4, -0.2) is 62.1 Å². The third-order valence-corrected chi connectivity index (χ3v) is 4.94. The molecule has 0 unspecified atom stereocenters. The molecule has 2 aromatic carbocycles. The first-order valence-corrected chi connectivity index (χ1v) is 9.64. The Labute approximate surface area is 161 Å². The number of piperazine rings is 1. The normalized spacial score (nSPS) is 18.2. The number of ether oxygens (including phenoxy) is 1. The van der Waals surface area contributed by atoms with Crippen LogP contribution in [0.5, 0.6) is 5.75 Å². The lowest BCUT2D eigenvalue weighted by Gasteiger charge is -2.40. The second-order valence-corrected chi connectivity index (χ2v) is 7.03. The van der Waals surface area contributed by atoms with Crippen molar-refractivity contribution < 1.29 is 9.53 Å². The first kappa shape index (κ1) is 19.4. The van der Waals surface area contributed by atoms with E-state index in [1.807, 2.05) is 30.3 Å². The summed E-state index contributed by atoms with van der Waals surface area (Å²) in [6.07, 6.45) is 0.935. The zero-order valence-corrected chi connectivity index (χ0v) is 16.0. The molecule has 5 heteroatoms. The fraction of sp³-hybridized carbons (Fsp3) is 0.409. The third kappa shape index (κ3) is 6.08. The summed E-state index contributed by atoms with van der Waals surface area (Å²) in [6.45, 7) is 4.90. The molecule has 1 fully saturated rings. The number of hydrogen-bond acceptors (Lipinski definition) is 4. The van der Waals surface area contributed by atoms with Gasteiger partial charge in [0.1, 0.15) is 5.75 Å². The van der Waals surface area contributed by atoms with Gasteiger partial charge in [0.15, 0.2) is 6.61 Å². The van der Waals surface area contributed by atoms with Gasteiger partial charge < -0.3 is 15.0 Å². The highest BCUT2D eigenvalue weighted by molar-refractivity contribution is 5.77. The summed E-state index contributed by atoms with van der Waals surface area (Å²) in [5.41, 5.74) is 1.37. The molecule has 0 bridgehead atoms. The standard InChI is InChI=1S/C22H29N3O2/c1-24-15-16-25(21(17-24)19-9-4-2-5-10-19)14-8-13-23-22(26)18-27-20-11-6-3-7-12-20/h2-7,9-12,21H,8,13-18H2,1H3,(H,23,26)/t21-/m0/s1. The molecule has 0 aromatic heterocycles. The molecule has 5 nitrogen and oxygen atoms in total. The molecule has 1 aliphatic rings. The van der Waals surface area contributed by atoms with Crippen molar-refractivity contribution in [2.24, 2.45) is 0 Å². The van der Waals surface area contributed by atoms with Gasteiger partial charge >= 0.3 is 0 Å². The quantitative estimate of drug-likeness (QED) is 0.729. The molecule has 144 valence electrons. The van der Waals surface area contributed by atoms with Crippen molar-refractivity contribution in [1.82, 2.24) is 15.1 Å². The summed E-state index contributed by atoms with van der Waals surface area (Å²) in [7, 11) is 2.18. The summed E-state index contributed by atoms with van der Waals surface area (Å²) in [6, 6.07) is 20.5. The van der Waals surface area contributed by atoms with Crippen LogP contribution in [0, 0.1) is 0 Å². The monoisotopic (exact) mass is 367 g/mol. The Morgan fingerprint density at radius 3 is 2.52 bits per heavy atom. The Kier molecular flexibility index (Phi) is 7.25. The molecule has 1 aliphatic heterocycles. The van der Waals surface area contributed by atoms with E-state index in [1.165, 1.54) is 5.56 Å². The number of carbonyl (C=O) groups excluding carboxylic acids is 1. The number of amides is 1. The lowest BCUT2D eigenvalue weighted by molar-refractivity contribution is -0.123. The smallest absolute Gasteiger partial charge is 0.257 e. The summed E-state index contributed by atoms with van der Waals surface area (Å²) in [5, 5.41) is 2.95. The maximum absolute atomic E-state index is 11.9. The lowest BCUT2D eigenvalue weighted by Crippen LogP contribution is -2.47. The minimum Gasteiger partial charge on any atom is -0.484 e. The summed E-state index contributed by atoms with van der Waals surface area (Å²) in [5.74, 6) is 0.646. The topological polar surface area (TPSA) is 44.8 Å². The molecule has 2 aromatic rings. The largest absolute Gasteiger partial charge is 0.484 e. The minimum atomic E-state index is -0.0724. The molecule has 0 radical (unpaired) electrons. The number of benzene rings is 2. The van der Waals surface area contributed by atoms with Crippen LogP contribution in [0.3, 0.4) is 0 Å². The Balaban J connectivity index is 1.40. The van der Waals surface area contributed by atoms with Crippen LogP contribution < -0.4 is 10.1 Å². The molecule has 0 aliphatic carbocycles. The van der Waals surface area contributed by atoms with E-state index in [-0.39, 0.29) is 12.5 Å².